The smallest absolute Gasteiger partial charge is 0.223 e. The lowest BCUT2D eigenvalue weighted by molar-refractivity contribution is 0.412. The largest absolute Gasteiger partial charge is 0.513 e. The fourth-order valence-corrected chi connectivity index (χ4v) is 3.68. The lowest BCUT2D eigenvalue weighted by Gasteiger charge is -2.32. The molecule has 0 spiro atoms. The standard InChI is InChI=1S/C18H27N5O.C2H2/c1-11(24)9-10-14-12(2)20-16-15(14)17(22-18(19)21-16)23(3)13-7-5-4-6-8-13;1-2/h9,13,24H,4-8,10H2,1-3H3,(H3,19,20,21,22);1-2H/b11-9+;. The molecule has 1 aliphatic rings. The van der Waals surface area contributed by atoms with Gasteiger partial charge in [0, 0.05) is 18.8 Å². The zero-order valence-electron chi connectivity index (χ0n) is 15.9. The Hall–Kier alpha value is -2.68. The molecule has 0 aliphatic heterocycles. The molecule has 4 N–H and O–H groups in total. The molecule has 1 saturated carbocycles. The van der Waals surface area contributed by atoms with Crippen LogP contribution >= 0.6 is 0 Å². The highest BCUT2D eigenvalue weighted by Crippen LogP contribution is 2.33. The number of hydrogen-bond donors (Lipinski definition) is 3. The van der Waals surface area contributed by atoms with E-state index in [2.05, 4.69) is 39.7 Å². The van der Waals surface area contributed by atoms with E-state index >= 15 is 0 Å². The number of hydrogen-bond acceptors (Lipinski definition) is 5. The zero-order chi connectivity index (χ0) is 19.3. The maximum atomic E-state index is 9.53. The Balaban J connectivity index is 0.00000117. The highest BCUT2D eigenvalue weighted by molar-refractivity contribution is 5.93. The van der Waals surface area contributed by atoms with Crippen LogP contribution in [0.3, 0.4) is 0 Å². The van der Waals surface area contributed by atoms with Gasteiger partial charge in [-0.05, 0) is 44.7 Å². The number of aliphatic hydroxyl groups excluding tert-OH is 1. The van der Waals surface area contributed by atoms with Crippen LogP contribution in [0.2, 0.25) is 0 Å². The van der Waals surface area contributed by atoms with Gasteiger partial charge in [-0.25, -0.2) is 0 Å². The fraction of sp³-hybridized carbons (Fsp3) is 0.500. The number of aryl methyl sites for hydroxylation is 1. The van der Waals surface area contributed by atoms with E-state index in [9.17, 15) is 5.11 Å². The zero-order valence-corrected chi connectivity index (χ0v) is 15.9. The molecule has 1 fully saturated rings. The van der Waals surface area contributed by atoms with Crippen LogP contribution in [0, 0.1) is 19.8 Å². The Kier molecular flexibility index (Phi) is 6.51. The van der Waals surface area contributed by atoms with Gasteiger partial charge in [-0.3, -0.25) is 0 Å². The molecular weight excluding hydrogens is 326 g/mol. The van der Waals surface area contributed by atoms with Gasteiger partial charge in [-0.15, -0.1) is 12.8 Å². The van der Waals surface area contributed by atoms with E-state index in [1.165, 1.54) is 32.1 Å². The summed E-state index contributed by atoms with van der Waals surface area (Å²) in [5.41, 5.74) is 8.89. The normalized spacial score (nSPS) is 15.5. The summed E-state index contributed by atoms with van der Waals surface area (Å²) in [6.45, 7) is 3.71. The molecular formula is C20H29N5O. The second-order valence-electron chi connectivity index (χ2n) is 6.81. The molecule has 26 heavy (non-hydrogen) atoms. The number of rotatable bonds is 4. The average molecular weight is 355 g/mol. The molecule has 1 aliphatic carbocycles. The van der Waals surface area contributed by atoms with E-state index in [0.717, 1.165) is 28.1 Å². The first-order valence-electron chi connectivity index (χ1n) is 9.04. The molecule has 0 radical (unpaired) electrons. The molecule has 0 amide bonds. The molecule has 6 heteroatoms. The van der Waals surface area contributed by atoms with Crippen LogP contribution in [0.15, 0.2) is 11.8 Å². The van der Waals surface area contributed by atoms with E-state index in [1.54, 1.807) is 6.92 Å². The quantitative estimate of drug-likeness (QED) is 0.572. The predicted molar refractivity (Wildman–Crippen MR) is 108 cm³/mol. The Morgan fingerprint density at radius 3 is 2.58 bits per heavy atom. The summed E-state index contributed by atoms with van der Waals surface area (Å²) in [6, 6.07) is 0.495. The number of nitrogen functional groups attached to an aromatic ring is 1. The molecule has 6 nitrogen and oxygen atoms in total. The second kappa shape index (κ2) is 8.61. The Morgan fingerprint density at radius 2 is 1.96 bits per heavy atom. The van der Waals surface area contributed by atoms with Gasteiger partial charge in [-0.2, -0.15) is 9.97 Å². The van der Waals surface area contributed by atoms with Gasteiger partial charge < -0.3 is 20.7 Å². The number of allylic oxidation sites excluding steroid dienone is 2. The minimum atomic E-state index is 0.293. The molecule has 0 saturated heterocycles. The van der Waals surface area contributed by atoms with Crippen LogP contribution in [0.25, 0.3) is 11.0 Å². The van der Waals surface area contributed by atoms with Gasteiger partial charge in [0.05, 0.1) is 11.1 Å². The number of terminal acetylenes is 1. The van der Waals surface area contributed by atoms with Crippen LogP contribution in [0.5, 0.6) is 0 Å². The highest BCUT2D eigenvalue weighted by Gasteiger charge is 2.24. The molecule has 140 valence electrons. The SMILES string of the molecule is C#C.C/C(O)=C\Cc1c(C)[nH]c2nc(N)nc(N(C)C3CCCCC3)c12. The monoisotopic (exact) mass is 355 g/mol. The Labute approximate surface area is 155 Å². The molecule has 0 aromatic carbocycles. The third-order valence-electron chi connectivity index (χ3n) is 5.03. The highest BCUT2D eigenvalue weighted by atomic mass is 16.3. The molecule has 2 heterocycles. The van der Waals surface area contributed by atoms with E-state index < -0.39 is 0 Å². The number of nitrogens with two attached hydrogens (primary N) is 1. The number of aromatic amines is 1. The van der Waals surface area contributed by atoms with Crippen molar-refractivity contribution >= 4 is 22.8 Å². The van der Waals surface area contributed by atoms with Crippen molar-refractivity contribution in [2.75, 3.05) is 17.7 Å². The first-order valence-corrected chi connectivity index (χ1v) is 9.04. The molecule has 0 bridgehead atoms. The summed E-state index contributed by atoms with van der Waals surface area (Å²) in [7, 11) is 2.11. The second-order valence-corrected chi connectivity index (χ2v) is 6.81. The summed E-state index contributed by atoms with van der Waals surface area (Å²) >= 11 is 0. The van der Waals surface area contributed by atoms with Crippen molar-refractivity contribution in [3.63, 3.8) is 0 Å². The van der Waals surface area contributed by atoms with Gasteiger partial charge >= 0.3 is 0 Å². The third kappa shape index (κ3) is 4.10. The number of H-pyrrole nitrogens is 1. The van der Waals surface area contributed by atoms with E-state index in [4.69, 9.17) is 5.73 Å². The average Bonchev–Trinajstić information content (AvgIpc) is 2.95. The maximum Gasteiger partial charge on any atom is 0.223 e. The van der Waals surface area contributed by atoms with Gasteiger partial charge in [0.1, 0.15) is 11.5 Å². The van der Waals surface area contributed by atoms with Gasteiger partial charge in [0.2, 0.25) is 5.95 Å². The summed E-state index contributed by atoms with van der Waals surface area (Å²) < 4.78 is 0. The molecule has 2 aromatic rings. The Bertz CT molecular complexity index is 795. The van der Waals surface area contributed by atoms with Crippen LogP contribution in [-0.4, -0.2) is 33.1 Å². The van der Waals surface area contributed by atoms with Gasteiger partial charge in [0.25, 0.3) is 0 Å². The Morgan fingerprint density at radius 1 is 1.31 bits per heavy atom. The van der Waals surface area contributed by atoms with Crippen molar-refractivity contribution in [2.45, 2.75) is 58.4 Å². The van der Waals surface area contributed by atoms with Crippen molar-refractivity contribution in [1.29, 1.82) is 0 Å². The summed E-state index contributed by atoms with van der Waals surface area (Å²) in [4.78, 5) is 14.5. The number of nitrogens with zero attached hydrogens (tertiary/aromatic N) is 3. The van der Waals surface area contributed by atoms with Crippen LogP contribution in [-0.2, 0) is 6.42 Å². The minimum absolute atomic E-state index is 0.293. The van der Waals surface area contributed by atoms with Crippen LogP contribution < -0.4 is 10.6 Å². The lowest BCUT2D eigenvalue weighted by Crippen LogP contribution is -2.34. The van der Waals surface area contributed by atoms with E-state index in [1.807, 2.05) is 13.0 Å². The first kappa shape index (κ1) is 19.6. The van der Waals surface area contributed by atoms with Gasteiger partial charge in [0.15, 0.2) is 0 Å². The van der Waals surface area contributed by atoms with Crippen molar-refractivity contribution in [3.8, 4) is 12.8 Å². The maximum absolute atomic E-state index is 9.53. The van der Waals surface area contributed by atoms with Crippen LogP contribution in [0.1, 0.15) is 50.3 Å². The van der Waals surface area contributed by atoms with Crippen molar-refractivity contribution < 1.29 is 5.11 Å². The summed E-state index contributed by atoms with van der Waals surface area (Å²) in [5, 5.41) is 10.6. The summed E-state index contributed by atoms with van der Waals surface area (Å²) in [5.74, 6) is 1.51. The number of fused-ring (bicyclic) bond motifs is 1. The van der Waals surface area contributed by atoms with Gasteiger partial charge in [-0.1, -0.05) is 19.3 Å². The van der Waals surface area contributed by atoms with Crippen molar-refractivity contribution in [3.05, 3.63) is 23.1 Å². The number of aromatic nitrogens is 3. The van der Waals surface area contributed by atoms with E-state index in [0.29, 0.717) is 24.2 Å². The predicted octanol–water partition coefficient (Wildman–Crippen LogP) is 3.87. The third-order valence-corrected chi connectivity index (χ3v) is 5.03. The minimum Gasteiger partial charge on any atom is -0.513 e. The van der Waals surface area contributed by atoms with Crippen molar-refractivity contribution in [2.24, 2.45) is 0 Å². The molecule has 2 aromatic heterocycles. The van der Waals surface area contributed by atoms with Crippen LogP contribution in [0.4, 0.5) is 11.8 Å². The number of anilines is 2. The first-order chi connectivity index (χ1) is 12.5. The number of aliphatic hydroxyl groups is 1. The lowest BCUT2D eigenvalue weighted by atomic mass is 9.94. The van der Waals surface area contributed by atoms with E-state index in [-0.39, 0.29) is 0 Å². The number of nitrogens with one attached hydrogen (secondary N) is 1. The fourth-order valence-electron chi connectivity index (χ4n) is 3.68. The molecule has 0 unspecified atom stereocenters. The molecule has 3 rings (SSSR count). The topological polar surface area (TPSA) is 91.1 Å². The molecule has 0 atom stereocenters. The van der Waals surface area contributed by atoms with Crippen molar-refractivity contribution in [1.82, 2.24) is 15.0 Å². The summed E-state index contributed by atoms with van der Waals surface area (Å²) in [6.07, 6.45) is 16.7.